The molecule has 23 heavy (non-hydrogen) atoms. The van der Waals surface area contributed by atoms with Gasteiger partial charge in [0.1, 0.15) is 6.04 Å². The lowest BCUT2D eigenvalue weighted by Crippen LogP contribution is -2.48. The molecule has 0 fully saturated rings. The Labute approximate surface area is 136 Å². The Morgan fingerprint density at radius 1 is 1.26 bits per heavy atom. The summed E-state index contributed by atoms with van der Waals surface area (Å²) < 4.78 is 0. The molecular weight excluding hydrogens is 294 g/mol. The highest BCUT2D eigenvalue weighted by Gasteiger charge is 2.30. The third-order valence-corrected chi connectivity index (χ3v) is 3.50. The lowest BCUT2D eigenvalue weighted by atomic mass is 10.0. The lowest BCUT2D eigenvalue weighted by Gasteiger charge is -2.16. The molecule has 2 N–H and O–H groups in total. The molecule has 1 aromatic rings. The molecule has 124 valence electrons. The average Bonchev–Trinajstić information content (AvgIpc) is 3.03. The smallest absolute Gasteiger partial charge is 0.264 e. The molecule has 1 aliphatic rings. The molecule has 2 atom stereocenters. The van der Waals surface area contributed by atoms with Crippen molar-refractivity contribution in [1.29, 1.82) is 0 Å². The summed E-state index contributed by atoms with van der Waals surface area (Å²) in [5.41, 5.74) is 1.67. The molecule has 0 saturated carbocycles. The van der Waals surface area contributed by atoms with Crippen LogP contribution >= 0.6 is 0 Å². The van der Waals surface area contributed by atoms with Crippen LogP contribution in [0.1, 0.15) is 32.8 Å². The summed E-state index contributed by atoms with van der Waals surface area (Å²) in [6.45, 7) is 6.26. The molecule has 2 amide bonds. The van der Waals surface area contributed by atoms with Crippen LogP contribution < -0.4 is 10.6 Å². The minimum absolute atomic E-state index is 0.200. The third kappa shape index (κ3) is 4.81. The van der Waals surface area contributed by atoms with Crippen LogP contribution in [-0.2, 0) is 14.4 Å². The number of benzene rings is 1. The predicted molar refractivity (Wildman–Crippen MR) is 87.9 cm³/mol. The van der Waals surface area contributed by atoms with Crippen LogP contribution in [0, 0.1) is 5.92 Å². The molecule has 6 heteroatoms. The first-order chi connectivity index (χ1) is 11.0. The number of rotatable bonds is 6. The van der Waals surface area contributed by atoms with E-state index in [1.54, 1.807) is 6.92 Å². The highest BCUT2D eigenvalue weighted by atomic mass is 16.6. The number of hydrogen-bond acceptors (Lipinski definition) is 4. The maximum atomic E-state index is 12.2. The van der Waals surface area contributed by atoms with Crippen LogP contribution in [0.4, 0.5) is 0 Å². The normalized spacial score (nSPS) is 18.1. The highest BCUT2D eigenvalue weighted by Crippen LogP contribution is 2.16. The van der Waals surface area contributed by atoms with Gasteiger partial charge in [-0.05, 0) is 18.4 Å². The Kier molecular flexibility index (Phi) is 5.73. The number of nitrogens with one attached hydrogen (secondary N) is 2. The zero-order valence-corrected chi connectivity index (χ0v) is 13.7. The van der Waals surface area contributed by atoms with E-state index in [4.69, 9.17) is 4.84 Å². The topological polar surface area (TPSA) is 79.8 Å². The predicted octanol–water partition coefficient (Wildman–Crippen LogP) is 1.46. The van der Waals surface area contributed by atoms with E-state index < -0.39 is 12.1 Å². The van der Waals surface area contributed by atoms with E-state index in [1.807, 2.05) is 44.2 Å². The molecule has 0 aliphatic carbocycles. The largest absolute Gasteiger partial charge is 0.382 e. The number of carbonyl (C=O) groups is 2. The third-order valence-electron chi connectivity index (χ3n) is 3.50. The molecule has 1 aliphatic heterocycles. The van der Waals surface area contributed by atoms with Gasteiger partial charge in [0.25, 0.3) is 5.91 Å². The van der Waals surface area contributed by atoms with E-state index in [1.165, 1.54) is 0 Å². The molecule has 0 spiro atoms. The Bertz CT molecular complexity index is 584. The van der Waals surface area contributed by atoms with Gasteiger partial charge in [0.05, 0.1) is 5.71 Å². The van der Waals surface area contributed by atoms with Crippen LogP contribution in [0.3, 0.4) is 0 Å². The summed E-state index contributed by atoms with van der Waals surface area (Å²) in [5.74, 6) is -0.164. The molecule has 6 nitrogen and oxygen atoms in total. The molecule has 2 rings (SSSR count). The van der Waals surface area contributed by atoms with Crippen molar-refractivity contribution < 1.29 is 14.4 Å². The van der Waals surface area contributed by atoms with Crippen molar-refractivity contribution in [3.8, 4) is 0 Å². The first-order valence-corrected chi connectivity index (χ1v) is 7.83. The van der Waals surface area contributed by atoms with Crippen molar-refractivity contribution in [2.75, 3.05) is 6.54 Å². The van der Waals surface area contributed by atoms with Crippen LogP contribution in [-0.4, -0.2) is 36.2 Å². The first-order valence-electron chi connectivity index (χ1n) is 7.83. The van der Waals surface area contributed by atoms with Gasteiger partial charge < -0.3 is 15.5 Å². The molecule has 0 unspecified atom stereocenters. The summed E-state index contributed by atoms with van der Waals surface area (Å²) in [6, 6.07) is 8.97. The Morgan fingerprint density at radius 2 is 1.96 bits per heavy atom. The van der Waals surface area contributed by atoms with E-state index >= 15 is 0 Å². The zero-order valence-electron chi connectivity index (χ0n) is 13.7. The van der Waals surface area contributed by atoms with Gasteiger partial charge in [0, 0.05) is 13.0 Å². The average molecular weight is 317 g/mol. The molecule has 1 aromatic carbocycles. The van der Waals surface area contributed by atoms with Crippen molar-refractivity contribution in [2.24, 2.45) is 11.1 Å². The van der Waals surface area contributed by atoms with E-state index in [0.717, 1.165) is 11.3 Å². The maximum Gasteiger partial charge on any atom is 0.264 e. The van der Waals surface area contributed by atoms with E-state index in [0.29, 0.717) is 18.9 Å². The van der Waals surface area contributed by atoms with Gasteiger partial charge >= 0.3 is 0 Å². The molecular formula is C17H23N3O3. The maximum absolute atomic E-state index is 12.2. The summed E-state index contributed by atoms with van der Waals surface area (Å²) in [4.78, 5) is 29.3. The number of nitrogens with zero attached hydrogens (tertiary/aromatic N) is 1. The Morgan fingerprint density at radius 3 is 2.61 bits per heavy atom. The molecule has 1 heterocycles. The number of carbonyl (C=O) groups excluding carboxylic acids is 2. The second kappa shape index (κ2) is 7.76. The second-order valence-corrected chi connectivity index (χ2v) is 6.07. The molecule has 0 radical (unpaired) electrons. The number of hydrogen-bond donors (Lipinski definition) is 2. The summed E-state index contributed by atoms with van der Waals surface area (Å²) in [7, 11) is 0. The van der Waals surface area contributed by atoms with Crippen LogP contribution in [0.2, 0.25) is 0 Å². The summed E-state index contributed by atoms with van der Waals surface area (Å²) >= 11 is 0. The van der Waals surface area contributed by atoms with Crippen molar-refractivity contribution >= 4 is 17.5 Å². The van der Waals surface area contributed by atoms with Crippen molar-refractivity contribution in [1.82, 2.24) is 10.6 Å². The van der Waals surface area contributed by atoms with Crippen LogP contribution in [0.25, 0.3) is 0 Å². The zero-order chi connectivity index (χ0) is 16.8. The first kappa shape index (κ1) is 17.0. The van der Waals surface area contributed by atoms with Gasteiger partial charge in [-0.1, -0.05) is 49.3 Å². The highest BCUT2D eigenvalue weighted by molar-refractivity contribution is 6.04. The fourth-order valence-corrected chi connectivity index (χ4v) is 2.15. The standard InChI is InChI=1S/C17H23N3O3/c1-11(2)10-18-16(21)12(3)19-17(22)15-9-14(20-23-15)13-7-5-4-6-8-13/h4-8,11-12,15H,9-10H2,1-3H3,(H,18,21)(H,19,22)/t12-,15+/m0/s1. The minimum Gasteiger partial charge on any atom is -0.382 e. The summed E-state index contributed by atoms with van der Waals surface area (Å²) in [6.07, 6.45) is -0.290. The van der Waals surface area contributed by atoms with Crippen LogP contribution in [0.15, 0.2) is 35.5 Å². The van der Waals surface area contributed by atoms with Gasteiger partial charge in [0.15, 0.2) is 0 Å². The van der Waals surface area contributed by atoms with Gasteiger partial charge in [-0.15, -0.1) is 0 Å². The van der Waals surface area contributed by atoms with Gasteiger partial charge in [-0.25, -0.2) is 0 Å². The Balaban J connectivity index is 1.82. The number of oxime groups is 1. The molecule has 0 bridgehead atoms. The quantitative estimate of drug-likeness (QED) is 0.833. The fourth-order valence-electron chi connectivity index (χ4n) is 2.15. The SMILES string of the molecule is CC(C)CNC(=O)[C@H](C)NC(=O)[C@H]1CC(c2ccccc2)=NO1. The van der Waals surface area contributed by atoms with Gasteiger partial charge in [-0.3, -0.25) is 9.59 Å². The van der Waals surface area contributed by atoms with E-state index in [-0.39, 0.29) is 11.8 Å². The van der Waals surface area contributed by atoms with Crippen molar-refractivity contribution in [3.05, 3.63) is 35.9 Å². The van der Waals surface area contributed by atoms with Crippen molar-refractivity contribution in [2.45, 2.75) is 39.3 Å². The lowest BCUT2D eigenvalue weighted by molar-refractivity contribution is -0.135. The minimum atomic E-state index is -0.689. The molecule has 0 aromatic heterocycles. The Hall–Kier alpha value is -2.37. The molecule has 0 saturated heterocycles. The second-order valence-electron chi connectivity index (χ2n) is 6.07. The van der Waals surface area contributed by atoms with Crippen molar-refractivity contribution in [3.63, 3.8) is 0 Å². The monoisotopic (exact) mass is 317 g/mol. The van der Waals surface area contributed by atoms with E-state index in [2.05, 4.69) is 15.8 Å². The summed E-state index contributed by atoms with van der Waals surface area (Å²) in [5, 5.41) is 9.43. The van der Waals surface area contributed by atoms with E-state index in [9.17, 15) is 9.59 Å². The fraction of sp³-hybridized carbons (Fsp3) is 0.471. The van der Waals surface area contributed by atoms with Gasteiger partial charge in [0.2, 0.25) is 12.0 Å². The van der Waals surface area contributed by atoms with Gasteiger partial charge in [-0.2, -0.15) is 0 Å². The number of amides is 2. The van der Waals surface area contributed by atoms with Crippen LogP contribution in [0.5, 0.6) is 0 Å².